The number of hydrogen-bond donors (Lipinski definition) is 1. The van der Waals surface area contributed by atoms with Crippen LogP contribution in [0.1, 0.15) is 43.5 Å². The summed E-state index contributed by atoms with van der Waals surface area (Å²) in [6.07, 6.45) is 1.95. The molecule has 1 saturated heterocycles. The van der Waals surface area contributed by atoms with Crippen LogP contribution in [0.15, 0.2) is 24.3 Å². The maximum atomic E-state index is 12.5. The molecule has 0 radical (unpaired) electrons. The van der Waals surface area contributed by atoms with Crippen LogP contribution in [0.25, 0.3) is 0 Å². The molecule has 1 aliphatic heterocycles. The average Bonchev–Trinajstić information content (AvgIpc) is 2.53. The summed E-state index contributed by atoms with van der Waals surface area (Å²) < 4.78 is 28.9. The standard InChI is InChI=1S/C18H25F2NO3/c1-12(2)10-16(22)13-6-8-21(9-7-13)17(23)14-4-3-5-15(11-14)24-18(19)20/h3-5,11-13,16,18,22H,6-10H2,1-2H3/t16-/m1/s1. The third-order valence-electron chi connectivity index (χ3n) is 4.39. The molecule has 0 bridgehead atoms. The highest BCUT2D eigenvalue weighted by Gasteiger charge is 2.28. The lowest BCUT2D eigenvalue weighted by molar-refractivity contribution is -0.0499. The minimum Gasteiger partial charge on any atom is -0.435 e. The highest BCUT2D eigenvalue weighted by Crippen LogP contribution is 2.26. The second kappa shape index (κ2) is 8.42. The van der Waals surface area contributed by atoms with Crippen LogP contribution in [0.5, 0.6) is 5.75 Å². The van der Waals surface area contributed by atoms with Gasteiger partial charge in [-0.2, -0.15) is 8.78 Å². The minimum absolute atomic E-state index is 0.0157. The minimum atomic E-state index is -2.91. The monoisotopic (exact) mass is 341 g/mol. The van der Waals surface area contributed by atoms with E-state index in [0.717, 1.165) is 19.3 Å². The number of carbonyl (C=O) groups excluding carboxylic acids is 1. The van der Waals surface area contributed by atoms with Crippen molar-refractivity contribution in [3.63, 3.8) is 0 Å². The Morgan fingerprint density at radius 3 is 2.58 bits per heavy atom. The molecule has 1 aromatic carbocycles. The lowest BCUT2D eigenvalue weighted by Gasteiger charge is -2.34. The number of halogens is 2. The molecular formula is C18H25F2NO3. The highest BCUT2D eigenvalue weighted by atomic mass is 19.3. The third kappa shape index (κ3) is 5.16. The van der Waals surface area contributed by atoms with Gasteiger partial charge in [-0.3, -0.25) is 4.79 Å². The number of hydrogen-bond acceptors (Lipinski definition) is 3. The summed E-state index contributed by atoms with van der Waals surface area (Å²) in [5.41, 5.74) is 0.342. The van der Waals surface area contributed by atoms with E-state index in [-0.39, 0.29) is 23.7 Å². The van der Waals surface area contributed by atoms with Crippen molar-refractivity contribution in [2.75, 3.05) is 13.1 Å². The summed E-state index contributed by atoms with van der Waals surface area (Å²) in [6.45, 7) is 2.39. The topological polar surface area (TPSA) is 49.8 Å². The van der Waals surface area contributed by atoms with Crippen LogP contribution in [-0.2, 0) is 0 Å². The van der Waals surface area contributed by atoms with Gasteiger partial charge in [0.25, 0.3) is 5.91 Å². The number of aliphatic hydroxyl groups is 1. The van der Waals surface area contributed by atoms with Gasteiger partial charge in [-0.15, -0.1) is 0 Å². The predicted octanol–water partition coefficient (Wildman–Crippen LogP) is 3.55. The van der Waals surface area contributed by atoms with Crippen molar-refractivity contribution in [2.24, 2.45) is 11.8 Å². The van der Waals surface area contributed by atoms with E-state index in [1.165, 1.54) is 18.2 Å². The van der Waals surface area contributed by atoms with Crippen molar-refractivity contribution in [1.29, 1.82) is 0 Å². The summed E-state index contributed by atoms with van der Waals surface area (Å²) in [6, 6.07) is 5.87. The van der Waals surface area contributed by atoms with Gasteiger partial charge >= 0.3 is 6.61 Å². The molecule has 134 valence electrons. The summed E-state index contributed by atoms with van der Waals surface area (Å²) in [5, 5.41) is 10.2. The van der Waals surface area contributed by atoms with Gasteiger partial charge in [0.05, 0.1) is 6.10 Å². The smallest absolute Gasteiger partial charge is 0.387 e. The third-order valence-corrected chi connectivity index (χ3v) is 4.39. The van der Waals surface area contributed by atoms with Crippen molar-refractivity contribution in [1.82, 2.24) is 4.90 Å². The van der Waals surface area contributed by atoms with Gasteiger partial charge in [-0.05, 0) is 49.3 Å². The van der Waals surface area contributed by atoms with Crippen LogP contribution in [0.2, 0.25) is 0 Å². The Morgan fingerprint density at radius 2 is 2.00 bits per heavy atom. The Bertz CT molecular complexity index is 543. The van der Waals surface area contributed by atoms with Gasteiger partial charge in [0.1, 0.15) is 5.75 Å². The molecule has 24 heavy (non-hydrogen) atoms. The van der Waals surface area contributed by atoms with Gasteiger partial charge in [-0.1, -0.05) is 19.9 Å². The summed E-state index contributed by atoms with van der Waals surface area (Å²) in [4.78, 5) is 14.2. The van der Waals surface area contributed by atoms with Gasteiger partial charge in [0.2, 0.25) is 0 Å². The molecule has 4 nitrogen and oxygen atoms in total. The van der Waals surface area contributed by atoms with Gasteiger partial charge in [0.15, 0.2) is 0 Å². The first kappa shape index (κ1) is 18.6. The molecule has 0 unspecified atom stereocenters. The van der Waals surface area contributed by atoms with E-state index >= 15 is 0 Å². The maximum absolute atomic E-state index is 12.5. The zero-order valence-corrected chi connectivity index (χ0v) is 14.1. The quantitative estimate of drug-likeness (QED) is 0.861. The van der Waals surface area contributed by atoms with Crippen molar-refractivity contribution < 1.29 is 23.4 Å². The first-order chi connectivity index (χ1) is 11.4. The second-order valence-corrected chi connectivity index (χ2v) is 6.73. The Morgan fingerprint density at radius 1 is 1.33 bits per heavy atom. The summed E-state index contributed by atoms with van der Waals surface area (Å²) in [5.74, 6) is 0.451. The summed E-state index contributed by atoms with van der Waals surface area (Å²) >= 11 is 0. The molecule has 2 rings (SSSR count). The molecular weight excluding hydrogens is 316 g/mol. The van der Waals surface area contributed by atoms with Gasteiger partial charge in [-0.25, -0.2) is 0 Å². The largest absolute Gasteiger partial charge is 0.435 e. The van der Waals surface area contributed by atoms with Crippen LogP contribution in [0.3, 0.4) is 0 Å². The van der Waals surface area contributed by atoms with Crippen LogP contribution in [0, 0.1) is 11.8 Å². The molecule has 6 heteroatoms. The molecule has 0 saturated carbocycles. The van der Waals surface area contributed by atoms with Crippen molar-refractivity contribution >= 4 is 5.91 Å². The number of nitrogens with zero attached hydrogens (tertiary/aromatic N) is 1. The molecule has 0 aromatic heterocycles. The fraction of sp³-hybridized carbons (Fsp3) is 0.611. The van der Waals surface area contributed by atoms with E-state index in [9.17, 15) is 18.7 Å². The normalized spacial score (nSPS) is 17.4. The first-order valence-corrected chi connectivity index (χ1v) is 8.39. The molecule has 1 amide bonds. The molecule has 1 N–H and O–H groups in total. The number of amides is 1. The Hall–Kier alpha value is -1.69. The number of piperidine rings is 1. The number of rotatable bonds is 6. The molecule has 1 heterocycles. The molecule has 1 fully saturated rings. The van der Waals surface area contributed by atoms with Crippen molar-refractivity contribution in [3.8, 4) is 5.75 Å². The number of ether oxygens (including phenoxy) is 1. The van der Waals surface area contributed by atoms with Crippen LogP contribution in [0.4, 0.5) is 8.78 Å². The van der Waals surface area contributed by atoms with Crippen LogP contribution < -0.4 is 4.74 Å². The van der Waals surface area contributed by atoms with E-state index in [1.807, 2.05) is 0 Å². The molecule has 1 aliphatic rings. The van der Waals surface area contributed by atoms with E-state index in [0.29, 0.717) is 24.6 Å². The fourth-order valence-electron chi connectivity index (χ4n) is 3.15. The van der Waals surface area contributed by atoms with Crippen LogP contribution >= 0.6 is 0 Å². The fourth-order valence-corrected chi connectivity index (χ4v) is 3.15. The van der Waals surface area contributed by atoms with Gasteiger partial charge in [0, 0.05) is 18.7 Å². The first-order valence-electron chi connectivity index (χ1n) is 8.39. The van der Waals surface area contributed by atoms with Crippen LogP contribution in [-0.4, -0.2) is 41.7 Å². The SMILES string of the molecule is CC(C)C[C@@H](O)C1CCN(C(=O)c2cccc(OC(F)F)c2)CC1. The Kier molecular flexibility index (Phi) is 6.54. The Balaban J connectivity index is 1.93. The maximum Gasteiger partial charge on any atom is 0.387 e. The molecule has 0 spiro atoms. The lowest BCUT2D eigenvalue weighted by atomic mass is 9.87. The Labute approximate surface area is 141 Å². The van der Waals surface area contributed by atoms with Crippen molar-refractivity contribution in [2.45, 2.75) is 45.8 Å². The van der Waals surface area contributed by atoms with Gasteiger partial charge < -0.3 is 14.7 Å². The average molecular weight is 341 g/mol. The zero-order valence-electron chi connectivity index (χ0n) is 14.1. The number of aliphatic hydroxyl groups excluding tert-OH is 1. The van der Waals surface area contributed by atoms with Crippen molar-refractivity contribution in [3.05, 3.63) is 29.8 Å². The van der Waals surface area contributed by atoms with E-state index in [4.69, 9.17) is 0 Å². The molecule has 1 aromatic rings. The second-order valence-electron chi connectivity index (χ2n) is 6.73. The zero-order chi connectivity index (χ0) is 17.7. The predicted molar refractivity (Wildman–Crippen MR) is 87.2 cm³/mol. The van der Waals surface area contributed by atoms with E-state index in [1.54, 1.807) is 11.0 Å². The lowest BCUT2D eigenvalue weighted by Crippen LogP contribution is -2.41. The molecule has 0 aliphatic carbocycles. The van der Waals surface area contributed by atoms with E-state index < -0.39 is 6.61 Å². The number of benzene rings is 1. The highest BCUT2D eigenvalue weighted by molar-refractivity contribution is 5.94. The number of likely N-dealkylation sites (tertiary alicyclic amines) is 1. The number of carbonyl (C=O) groups is 1. The summed E-state index contributed by atoms with van der Waals surface area (Å²) in [7, 11) is 0. The number of alkyl halides is 2. The molecule has 1 atom stereocenters. The van der Waals surface area contributed by atoms with E-state index in [2.05, 4.69) is 18.6 Å².